The quantitative estimate of drug-likeness (QED) is 0.0589. The standard InChI is InChI=1S/C58H61F2NO12/c1-37-45(32-67-35-62)52(44-27-47-46(71-36-72-47)26-43(44)51(37)42-24-48(64-2)53(63)49(25-42)65-3)61-34-58(59,60)57-56(70-31-41-22-14-7-15-23-41)55(69-30-40-20-12-6-13-21-40)54(68-29-39-18-10-5-11-19-39)50(73-57)33-66-28-38-16-8-4-9-17-38/h4-27,35,37,45,50-52,54-57,61,63H,28-34,36H2,1-3H3/t37-,45-,50+,51+,52+,54+,55-,56+,57+/m0/s1. The van der Waals surface area contributed by atoms with Crippen molar-refractivity contribution < 1.29 is 66.1 Å². The number of benzene rings is 6. The van der Waals surface area contributed by atoms with Crippen molar-refractivity contribution in [2.45, 2.75) is 81.8 Å². The van der Waals surface area contributed by atoms with Gasteiger partial charge in [0.1, 0.15) is 24.4 Å². The Balaban J connectivity index is 1.09. The second kappa shape index (κ2) is 24.0. The number of ether oxygens (including phenoxy) is 10. The van der Waals surface area contributed by atoms with Crippen LogP contribution in [-0.2, 0) is 59.6 Å². The van der Waals surface area contributed by atoms with Crippen LogP contribution >= 0.6 is 0 Å². The van der Waals surface area contributed by atoms with E-state index in [1.807, 2.05) is 134 Å². The summed E-state index contributed by atoms with van der Waals surface area (Å²) in [6, 6.07) is 44.3. The van der Waals surface area contributed by atoms with Gasteiger partial charge in [-0.1, -0.05) is 128 Å². The lowest BCUT2D eigenvalue weighted by Gasteiger charge is -2.48. The smallest absolute Gasteiger partial charge is 0.293 e. The van der Waals surface area contributed by atoms with Gasteiger partial charge in [0.15, 0.2) is 29.1 Å². The fourth-order valence-electron chi connectivity index (χ4n) is 10.3. The first-order chi connectivity index (χ1) is 35.6. The van der Waals surface area contributed by atoms with Crippen LogP contribution in [0, 0.1) is 11.8 Å². The molecule has 0 radical (unpaired) electrons. The van der Waals surface area contributed by atoms with Crippen molar-refractivity contribution in [3.8, 4) is 28.7 Å². The maximum atomic E-state index is 18.1. The Bertz CT molecular complexity index is 2680. The van der Waals surface area contributed by atoms with Crippen LogP contribution in [0.3, 0.4) is 0 Å². The molecule has 0 bridgehead atoms. The molecule has 9 atom stereocenters. The highest BCUT2D eigenvalue weighted by molar-refractivity contribution is 5.59. The summed E-state index contributed by atoms with van der Waals surface area (Å²) < 4.78 is 97.8. The number of rotatable bonds is 23. The van der Waals surface area contributed by atoms with E-state index in [1.54, 1.807) is 18.2 Å². The van der Waals surface area contributed by atoms with Crippen molar-refractivity contribution in [3.05, 3.63) is 185 Å². The van der Waals surface area contributed by atoms with Gasteiger partial charge in [-0.3, -0.25) is 4.79 Å². The number of hydrogen-bond donors (Lipinski definition) is 2. The predicted octanol–water partition coefficient (Wildman–Crippen LogP) is 9.72. The van der Waals surface area contributed by atoms with Crippen LogP contribution in [0.5, 0.6) is 28.7 Å². The summed E-state index contributed by atoms with van der Waals surface area (Å²) >= 11 is 0. The Labute approximate surface area is 424 Å². The summed E-state index contributed by atoms with van der Waals surface area (Å²) in [5.41, 5.74) is 5.45. The summed E-state index contributed by atoms with van der Waals surface area (Å²) in [6.07, 6.45) is -6.36. The lowest BCUT2D eigenvalue weighted by Crippen LogP contribution is -2.66. The van der Waals surface area contributed by atoms with Gasteiger partial charge in [-0.05, 0) is 69.1 Å². The van der Waals surface area contributed by atoms with Crippen LogP contribution in [0.2, 0.25) is 0 Å². The number of carbonyl (C=O) groups excluding carboxylic acids is 1. The fourth-order valence-corrected chi connectivity index (χ4v) is 10.3. The molecule has 0 spiro atoms. The molecule has 73 heavy (non-hydrogen) atoms. The molecule has 9 rings (SSSR count). The summed E-state index contributed by atoms with van der Waals surface area (Å²) in [5.74, 6) is -3.96. The molecule has 13 nitrogen and oxygen atoms in total. The highest BCUT2D eigenvalue weighted by Crippen LogP contribution is 2.54. The number of phenolic OH excluding ortho intramolecular Hbond substituents is 1. The summed E-state index contributed by atoms with van der Waals surface area (Å²) in [7, 11) is 2.89. The molecule has 1 fully saturated rings. The number of aromatic hydroxyl groups is 1. The Morgan fingerprint density at radius 3 is 1.67 bits per heavy atom. The van der Waals surface area contributed by atoms with Crippen LogP contribution in [-0.4, -0.2) is 88.8 Å². The summed E-state index contributed by atoms with van der Waals surface area (Å²) in [4.78, 5) is 11.9. The van der Waals surface area contributed by atoms with Gasteiger partial charge in [-0.15, -0.1) is 0 Å². The summed E-state index contributed by atoms with van der Waals surface area (Å²) in [5, 5.41) is 14.2. The average molecular weight is 1000 g/mol. The van der Waals surface area contributed by atoms with Gasteiger partial charge >= 0.3 is 0 Å². The first-order valence-corrected chi connectivity index (χ1v) is 24.4. The van der Waals surface area contributed by atoms with Crippen molar-refractivity contribution in [3.63, 3.8) is 0 Å². The van der Waals surface area contributed by atoms with Crippen LogP contribution in [0.1, 0.15) is 57.8 Å². The zero-order valence-electron chi connectivity index (χ0n) is 41.0. The molecule has 6 aromatic carbocycles. The first-order valence-electron chi connectivity index (χ1n) is 24.4. The molecule has 6 aromatic rings. The second-order valence-corrected chi connectivity index (χ2v) is 18.5. The van der Waals surface area contributed by atoms with Crippen molar-refractivity contribution in [2.75, 3.05) is 40.8 Å². The van der Waals surface area contributed by atoms with Crippen molar-refractivity contribution >= 4 is 6.47 Å². The van der Waals surface area contributed by atoms with Gasteiger partial charge in [0.2, 0.25) is 12.5 Å². The summed E-state index contributed by atoms with van der Waals surface area (Å²) in [6.45, 7) is 1.53. The number of methoxy groups -OCH3 is 2. The average Bonchev–Trinajstić information content (AvgIpc) is 3.89. The predicted molar refractivity (Wildman–Crippen MR) is 266 cm³/mol. The van der Waals surface area contributed by atoms with Crippen LogP contribution < -0.4 is 24.3 Å². The maximum Gasteiger partial charge on any atom is 0.293 e. The molecule has 0 aromatic heterocycles. The number of phenols is 1. The van der Waals surface area contributed by atoms with Gasteiger partial charge in [0, 0.05) is 17.9 Å². The molecule has 2 N–H and O–H groups in total. The minimum Gasteiger partial charge on any atom is -0.502 e. The highest BCUT2D eigenvalue weighted by atomic mass is 19.3. The number of carbonyl (C=O) groups is 1. The normalized spacial score (nSPS) is 23.3. The first kappa shape index (κ1) is 51.3. The zero-order chi connectivity index (χ0) is 50.7. The van der Waals surface area contributed by atoms with E-state index in [2.05, 4.69) is 5.32 Å². The molecule has 1 saturated heterocycles. The highest BCUT2D eigenvalue weighted by Gasteiger charge is 2.58. The van der Waals surface area contributed by atoms with E-state index in [-0.39, 0.29) is 69.6 Å². The van der Waals surface area contributed by atoms with E-state index in [9.17, 15) is 9.90 Å². The number of halogens is 2. The molecular weight excluding hydrogens is 941 g/mol. The maximum absolute atomic E-state index is 18.1. The van der Waals surface area contributed by atoms with Crippen LogP contribution in [0.4, 0.5) is 8.78 Å². The molecule has 15 heteroatoms. The largest absolute Gasteiger partial charge is 0.502 e. The van der Waals surface area contributed by atoms with Crippen molar-refractivity contribution in [1.29, 1.82) is 0 Å². The van der Waals surface area contributed by atoms with E-state index >= 15 is 8.78 Å². The molecule has 0 unspecified atom stereocenters. The Morgan fingerprint density at radius 2 is 1.15 bits per heavy atom. The van der Waals surface area contributed by atoms with Gasteiger partial charge in [0.05, 0.1) is 60.4 Å². The minimum atomic E-state index is -3.66. The monoisotopic (exact) mass is 1000 g/mol. The number of nitrogens with one attached hydrogen (secondary N) is 1. The van der Waals surface area contributed by atoms with Gasteiger partial charge in [-0.2, -0.15) is 0 Å². The lowest BCUT2D eigenvalue weighted by atomic mass is 9.65. The molecule has 3 aliphatic rings. The number of fused-ring (bicyclic) bond motifs is 2. The van der Waals surface area contributed by atoms with Crippen LogP contribution in [0.15, 0.2) is 146 Å². The fraction of sp³-hybridized carbons (Fsp3) is 0.362. The third-order valence-corrected chi connectivity index (χ3v) is 14.0. The van der Waals surface area contributed by atoms with Gasteiger partial charge in [-0.25, -0.2) is 8.78 Å². The topological polar surface area (TPSA) is 142 Å². The van der Waals surface area contributed by atoms with E-state index in [1.165, 1.54) is 14.2 Å². The molecule has 0 saturated carbocycles. The third-order valence-electron chi connectivity index (χ3n) is 14.0. The Kier molecular flexibility index (Phi) is 16.8. The molecular formula is C58H61F2NO12. The number of alkyl halides is 2. The van der Waals surface area contributed by atoms with E-state index in [0.717, 1.165) is 27.8 Å². The zero-order valence-corrected chi connectivity index (χ0v) is 41.0. The third kappa shape index (κ3) is 11.9. The minimum absolute atomic E-state index is 0.0271. The van der Waals surface area contributed by atoms with Crippen molar-refractivity contribution in [1.82, 2.24) is 5.32 Å². The Hall–Kier alpha value is -6.59. The second-order valence-electron chi connectivity index (χ2n) is 18.5. The van der Waals surface area contributed by atoms with E-state index in [0.29, 0.717) is 29.1 Å². The lowest BCUT2D eigenvalue weighted by molar-refractivity contribution is -0.309. The van der Waals surface area contributed by atoms with Gasteiger partial charge in [0.25, 0.3) is 12.4 Å². The molecule has 2 heterocycles. The van der Waals surface area contributed by atoms with E-state index < -0.39 is 60.9 Å². The molecule has 0 amide bonds. The van der Waals surface area contributed by atoms with E-state index in [4.69, 9.17) is 47.4 Å². The Morgan fingerprint density at radius 1 is 0.658 bits per heavy atom. The SMILES string of the molecule is COc1cc([C@@H]2c3cc4c(cc3[C@@H](NCC(F)(F)[C@@H]3O[C@H](COCc5ccccc5)[C@@H](OCc5ccccc5)[C@H](OCc5ccccc5)[C@H]3OCc3ccccc3)[C@@H](COC=O)[C@@H]2C)OCO4)cc(OC)c1O. The van der Waals surface area contributed by atoms with Crippen LogP contribution in [0.25, 0.3) is 0 Å². The molecule has 384 valence electrons. The molecule has 1 aliphatic carbocycles. The van der Waals surface area contributed by atoms with Crippen molar-refractivity contribution in [2.24, 2.45) is 11.8 Å². The van der Waals surface area contributed by atoms with Gasteiger partial charge < -0.3 is 57.8 Å². The number of hydrogen-bond acceptors (Lipinski definition) is 13. The molecule has 2 aliphatic heterocycles.